The van der Waals surface area contributed by atoms with Crippen LogP contribution >= 0.6 is 23.1 Å². The molecule has 2 heterocycles. The second kappa shape index (κ2) is 15.2. The van der Waals surface area contributed by atoms with Gasteiger partial charge in [-0.05, 0) is 81.1 Å². The van der Waals surface area contributed by atoms with Crippen molar-refractivity contribution in [1.29, 1.82) is 0 Å². The number of carbonyl (C=O) groups excluding carboxylic acids is 1. The molecule has 0 saturated carbocycles. The lowest BCUT2D eigenvalue weighted by atomic mass is 9.81. The highest BCUT2D eigenvalue weighted by molar-refractivity contribution is 7.93. The molecule has 0 spiro atoms. The number of halogens is 2. The molecule has 15 heteroatoms. The second-order valence-electron chi connectivity index (χ2n) is 12.4. The first kappa shape index (κ1) is 36.1. The Kier molecular flexibility index (Phi) is 11.2. The smallest absolute Gasteiger partial charge is 0.410 e. The highest BCUT2D eigenvalue weighted by Crippen LogP contribution is 2.36. The number of hydrogen-bond donors (Lipinski definition) is 0. The van der Waals surface area contributed by atoms with Gasteiger partial charge in [-0.15, -0.1) is 0 Å². The molecule has 4 aromatic rings. The van der Waals surface area contributed by atoms with E-state index in [-0.39, 0.29) is 40.8 Å². The number of methoxy groups -OCH3 is 2. The van der Waals surface area contributed by atoms with E-state index >= 15 is 4.39 Å². The van der Waals surface area contributed by atoms with Crippen molar-refractivity contribution in [2.75, 3.05) is 38.2 Å². The number of piperidine rings is 1. The topological polar surface area (TPSA) is 120 Å². The standard InChI is InChI=1S/C34H38ClFN4O7S2/c1-34(2,3)47-33(41)39-15-14-28(22-6-9-25(35)10-7-22)24(18-39)20-46-30-13-12-27(17-29(30)36)49(42,43)40(32-37-21-38-48-32)19-23-8-11-26(44-4)16-31(23)45-5/h6-13,16-17,21,24,28H,14-15,18-20H2,1-5H3/t24-,28-/m0/s1. The monoisotopic (exact) mass is 732 g/mol. The Hall–Kier alpha value is -4.14. The van der Waals surface area contributed by atoms with Crippen LogP contribution in [0.15, 0.2) is 71.9 Å². The number of ether oxygens (including phenoxy) is 4. The maximum atomic E-state index is 15.7. The average Bonchev–Trinajstić information content (AvgIpc) is 3.60. The van der Waals surface area contributed by atoms with Crippen LogP contribution in [-0.2, 0) is 21.3 Å². The van der Waals surface area contributed by atoms with E-state index in [4.69, 9.17) is 30.5 Å². The highest BCUT2D eigenvalue weighted by Gasteiger charge is 2.35. The summed E-state index contributed by atoms with van der Waals surface area (Å²) in [5.41, 5.74) is 0.896. The Morgan fingerprint density at radius 3 is 2.45 bits per heavy atom. The minimum Gasteiger partial charge on any atom is -0.497 e. The molecule has 0 aliphatic carbocycles. The summed E-state index contributed by atoms with van der Waals surface area (Å²) in [5.74, 6) is -0.268. The van der Waals surface area contributed by atoms with Gasteiger partial charge < -0.3 is 23.8 Å². The number of hydrogen-bond acceptors (Lipinski definition) is 10. The molecule has 1 aliphatic heterocycles. The average molecular weight is 733 g/mol. The molecule has 11 nitrogen and oxygen atoms in total. The lowest BCUT2D eigenvalue weighted by Gasteiger charge is -2.39. The molecule has 0 unspecified atom stereocenters. The third-order valence-corrected chi connectivity index (χ3v) is 10.8. The molecule has 5 rings (SSSR count). The number of sulfonamides is 1. The van der Waals surface area contributed by atoms with Gasteiger partial charge in [0, 0.05) is 47.2 Å². The molecule has 0 N–H and O–H groups in total. The maximum Gasteiger partial charge on any atom is 0.410 e. The summed E-state index contributed by atoms with van der Waals surface area (Å²) in [7, 11) is -1.35. The first-order valence-corrected chi connectivity index (χ1v) is 18.0. The lowest BCUT2D eigenvalue weighted by Crippen LogP contribution is -2.46. The number of rotatable bonds is 11. The van der Waals surface area contributed by atoms with E-state index in [9.17, 15) is 13.2 Å². The number of likely N-dealkylation sites (tertiary alicyclic amines) is 1. The molecule has 1 amide bonds. The molecule has 262 valence electrons. The Morgan fingerprint density at radius 1 is 1.06 bits per heavy atom. The number of nitrogens with zero attached hydrogens (tertiary/aromatic N) is 4. The van der Waals surface area contributed by atoms with Gasteiger partial charge >= 0.3 is 6.09 Å². The zero-order chi connectivity index (χ0) is 35.3. The van der Waals surface area contributed by atoms with Crippen LogP contribution in [0.2, 0.25) is 5.02 Å². The Morgan fingerprint density at radius 2 is 1.82 bits per heavy atom. The van der Waals surface area contributed by atoms with E-state index in [0.717, 1.165) is 27.5 Å². The molecule has 1 saturated heterocycles. The van der Waals surface area contributed by atoms with Crippen molar-refractivity contribution in [3.8, 4) is 17.2 Å². The van der Waals surface area contributed by atoms with Crippen molar-refractivity contribution >= 4 is 44.4 Å². The van der Waals surface area contributed by atoms with Crippen molar-refractivity contribution in [3.05, 3.63) is 89.0 Å². The predicted octanol–water partition coefficient (Wildman–Crippen LogP) is 7.16. The summed E-state index contributed by atoms with van der Waals surface area (Å²) in [4.78, 5) is 18.4. The molecule has 3 aromatic carbocycles. The summed E-state index contributed by atoms with van der Waals surface area (Å²) in [6, 6.07) is 16.0. The van der Waals surface area contributed by atoms with Crippen LogP contribution in [0.4, 0.5) is 14.3 Å². The van der Waals surface area contributed by atoms with Crippen LogP contribution in [0.5, 0.6) is 17.2 Å². The van der Waals surface area contributed by atoms with E-state index in [0.29, 0.717) is 41.6 Å². The van der Waals surface area contributed by atoms with Crippen LogP contribution in [-0.4, -0.2) is 68.3 Å². The van der Waals surface area contributed by atoms with Crippen molar-refractivity contribution in [2.24, 2.45) is 5.92 Å². The van der Waals surface area contributed by atoms with Crippen LogP contribution in [0.25, 0.3) is 0 Å². The van der Waals surface area contributed by atoms with Crippen molar-refractivity contribution in [2.45, 2.75) is 50.2 Å². The number of amides is 1. The minimum atomic E-state index is -4.33. The van der Waals surface area contributed by atoms with Crippen LogP contribution < -0.4 is 18.5 Å². The summed E-state index contributed by atoms with van der Waals surface area (Å²) < 4.78 is 71.0. The van der Waals surface area contributed by atoms with Crippen LogP contribution in [0, 0.1) is 11.7 Å². The predicted molar refractivity (Wildman–Crippen MR) is 185 cm³/mol. The van der Waals surface area contributed by atoms with Gasteiger partial charge in [0.05, 0.1) is 32.3 Å². The van der Waals surface area contributed by atoms with Gasteiger partial charge in [-0.3, -0.25) is 0 Å². The summed E-state index contributed by atoms with van der Waals surface area (Å²) in [5, 5.41) is 0.700. The van der Waals surface area contributed by atoms with Gasteiger partial charge in [0.25, 0.3) is 10.0 Å². The molecule has 1 fully saturated rings. The molecular weight excluding hydrogens is 695 g/mol. The summed E-state index contributed by atoms with van der Waals surface area (Å²) in [6.45, 7) is 6.12. The van der Waals surface area contributed by atoms with Crippen molar-refractivity contribution in [3.63, 3.8) is 0 Å². The minimum absolute atomic E-state index is 0.00549. The van der Waals surface area contributed by atoms with Gasteiger partial charge in [0.15, 0.2) is 11.6 Å². The quantitative estimate of drug-likeness (QED) is 0.158. The van der Waals surface area contributed by atoms with E-state index in [1.165, 1.54) is 32.7 Å². The highest BCUT2D eigenvalue weighted by atomic mass is 35.5. The normalized spacial score (nSPS) is 16.6. The number of anilines is 1. The van der Waals surface area contributed by atoms with E-state index in [1.807, 2.05) is 45.0 Å². The first-order valence-electron chi connectivity index (χ1n) is 15.4. The number of aromatic nitrogens is 2. The molecular formula is C34H38ClFN4O7S2. The van der Waals surface area contributed by atoms with Gasteiger partial charge in [-0.2, -0.15) is 4.37 Å². The molecule has 1 aromatic heterocycles. The van der Waals surface area contributed by atoms with Crippen LogP contribution in [0.1, 0.15) is 44.2 Å². The maximum absolute atomic E-state index is 15.7. The van der Waals surface area contributed by atoms with E-state index in [1.54, 1.807) is 23.1 Å². The van der Waals surface area contributed by atoms with E-state index in [2.05, 4.69) is 9.36 Å². The zero-order valence-electron chi connectivity index (χ0n) is 27.8. The lowest BCUT2D eigenvalue weighted by molar-refractivity contribution is 0.0110. The van der Waals surface area contributed by atoms with Crippen molar-refractivity contribution in [1.82, 2.24) is 14.3 Å². The Bertz CT molecular complexity index is 1860. The number of benzene rings is 3. The summed E-state index contributed by atoms with van der Waals surface area (Å²) >= 11 is 7.02. The van der Waals surface area contributed by atoms with Gasteiger partial charge in [-0.1, -0.05) is 23.7 Å². The third-order valence-electron chi connectivity index (χ3n) is 8.00. The summed E-state index contributed by atoms with van der Waals surface area (Å²) in [6.07, 6.45) is 1.45. The van der Waals surface area contributed by atoms with Gasteiger partial charge in [-0.25, -0.2) is 26.9 Å². The Balaban J connectivity index is 1.37. The molecule has 49 heavy (non-hydrogen) atoms. The fourth-order valence-electron chi connectivity index (χ4n) is 5.60. The molecule has 0 bridgehead atoms. The van der Waals surface area contributed by atoms with Crippen molar-refractivity contribution < 1.29 is 36.6 Å². The zero-order valence-corrected chi connectivity index (χ0v) is 30.1. The number of carbonyl (C=O) groups is 1. The molecule has 0 radical (unpaired) electrons. The fourth-order valence-corrected chi connectivity index (χ4v) is 7.86. The molecule has 2 atom stereocenters. The first-order chi connectivity index (χ1) is 23.3. The largest absolute Gasteiger partial charge is 0.497 e. The Labute approximate surface area is 294 Å². The third kappa shape index (κ3) is 8.72. The molecule has 1 aliphatic rings. The fraction of sp³-hybridized carbons (Fsp3) is 0.382. The van der Waals surface area contributed by atoms with Crippen LogP contribution in [0.3, 0.4) is 0 Å². The second-order valence-corrected chi connectivity index (χ2v) is 15.5. The van der Waals surface area contributed by atoms with Gasteiger partial charge in [0.2, 0.25) is 5.13 Å². The van der Waals surface area contributed by atoms with E-state index < -0.39 is 27.5 Å². The SMILES string of the molecule is COc1ccc(CN(c2ncns2)S(=O)(=O)c2ccc(OC[C@@H]3CN(C(=O)OC(C)(C)C)CC[C@H]3c3ccc(Cl)cc3)c(F)c2)c(OC)c1. The van der Waals surface area contributed by atoms with Gasteiger partial charge in [0.1, 0.15) is 23.4 Å².